The van der Waals surface area contributed by atoms with Crippen LogP contribution in [0.5, 0.6) is 0 Å². The van der Waals surface area contributed by atoms with Crippen molar-refractivity contribution in [2.24, 2.45) is 0 Å². The van der Waals surface area contributed by atoms with Crippen molar-refractivity contribution in [2.45, 2.75) is 26.2 Å². The van der Waals surface area contributed by atoms with E-state index in [0.717, 1.165) is 6.92 Å². The highest BCUT2D eigenvalue weighted by Crippen LogP contribution is 2.31. The maximum absolute atomic E-state index is 13.0. The standard InChI is InChI=1S/C10H11F3/c1-3-7-8(10(2,12)13)5-4-6-9(7)11/h4-6H,3H2,1-2H3. The van der Waals surface area contributed by atoms with Gasteiger partial charge in [0.15, 0.2) is 0 Å². The quantitative estimate of drug-likeness (QED) is 0.666. The van der Waals surface area contributed by atoms with E-state index in [-0.39, 0.29) is 17.5 Å². The summed E-state index contributed by atoms with van der Waals surface area (Å²) >= 11 is 0. The van der Waals surface area contributed by atoms with E-state index in [1.54, 1.807) is 6.92 Å². The van der Waals surface area contributed by atoms with Crippen LogP contribution in [0.2, 0.25) is 0 Å². The zero-order valence-electron chi connectivity index (χ0n) is 7.57. The zero-order chi connectivity index (χ0) is 10.1. The van der Waals surface area contributed by atoms with Gasteiger partial charge < -0.3 is 0 Å². The van der Waals surface area contributed by atoms with Crippen molar-refractivity contribution in [3.63, 3.8) is 0 Å². The Morgan fingerprint density at radius 1 is 1.31 bits per heavy atom. The topological polar surface area (TPSA) is 0 Å². The zero-order valence-corrected chi connectivity index (χ0v) is 7.57. The lowest BCUT2D eigenvalue weighted by molar-refractivity contribution is 0.0162. The molecule has 0 N–H and O–H groups in total. The summed E-state index contributed by atoms with van der Waals surface area (Å²) in [4.78, 5) is 0. The average molecular weight is 188 g/mol. The molecule has 0 saturated heterocycles. The molecular formula is C10H11F3. The fourth-order valence-electron chi connectivity index (χ4n) is 1.33. The smallest absolute Gasteiger partial charge is 0.207 e. The maximum Gasteiger partial charge on any atom is 0.270 e. The third kappa shape index (κ3) is 2.02. The molecule has 0 fully saturated rings. The highest BCUT2D eigenvalue weighted by Gasteiger charge is 2.27. The molecule has 0 aromatic heterocycles. The van der Waals surface area contributed by atoms with Gasteiger partial charge in [-0.15, -0.1) is 0 Å². The van der Waals surface area contributed by atoms with E-state index in [1.807, 2.05) is 0 Å². The largest absolute Gasteiger partial charge is 0.270 e. The van der Waals surface area contributed by atoms with Gasteiger partial charge in [0, 0.05) is 12.5 Å². The lowest BCUT2D eigenvalue weighted by atomic mass is 10.0. The van der Waals surface area contributed by atoms with E-state index in [2.05, 4.69) is 0 Å². The van der Waals surface area contributed by atoms with Crippen LogP contribution in [0.15, 0.2) is 18.2 Å². The third-order valence-corrected chi connectivity index (χ3v) is 1.95. The maximum atomic E-state index is 13.0. The van der Waals surface area contributed by atoms with E-state index in [4.69, 9.17) is 0 Å². The molecule has 1 aromatic carbocycles. The molecule has 0 bridgehead atoms. The van der Waals surface area contributed by atoms with E-state index in [1.165, 1.54) is 18.2 Å². The van der Waals surface area contributed by atoms with E-state index < -0.39 is 11.7 Å². The first-order chi connectivity index (χ1) is 5.96. The second kappa shape index (κ2) is 3.40. The summed E-state index contributed by atoms with van der Waals surface area (Å²) in [6.07, 6.45) is 0.283. The number of alkyl halides is 2. The van der Waals surface area contributed by atoms with Gasteiger partial charge in [-0.3, -0.25) is 0 Å². The minimum absolute atomic E-state index is 0.106. The first-order valence-electron chi connectivity index (χ1n) is 4.12. The molecule has 0 aliphatic rings. The molecule has 0 heterocycles. The van der Waals surface area contributed by atoms with Crippen molar-refractivity contribution in [1.29, 1.82) is 0 Å². The molecule has 1 rings (SSSR count). The summed E-state index contributed by atoms with van der Waals surface area (Å²) in [6.45, 7) is 2.44. The third-order valence-electron chi connectivity index (χ3n) is 1.95. The van der Waals surface area contributed by atoms with Crippen LogP contribution in [-0.4, -0.2) is 0 Å². The predicted octanol–water partition coefficient (Wildman–Crippen LogP) is 3.50. The molecule has 0 aliphatic carbocycles. The second-order valence-electron chi connectivity index (χ2n) is 3.01. The van der Waals surface area contributed by atoms with E-state index in [9.17, 15) is 13.2 Å². The Bertz CT molecular complexity index is 300. The fourth-order valence-corrected chi connectivity index (χ4v) is 1.33. The molecule has 0 radical (unpaired) electrons. The van der Waals surface area contributed by atoms with Gasteiger partial charge in [0.1, 0.15) is 5.82 Å². The average Bonchev–Trinajstić information content (AvgIpc) is 2.02. The predicted molar refractivity (Wildman–Crippen MR) is 45.3 cm³/mol. The van der Waals surface area contributed by atoms with Crippen molar-refractivity contribution in [3.05, 3.63) is 35.1 Å². The van der Waals surface area contributed by atoms with Gasteiger partial charge in [-0.2, -0.15) is 0 Å². The van der Waals surface area contributed by atoms with Gasteiger partial charge in [-0.05, 0) is 18.1 Å². The van der Waals surface area contributed by atoms with Crippen LogP contribution in [0.1, 0.15) is 25.0 Å². The van der Waals surface area contributed by atoms with Crippen LogP contribution >= 0.6 is 0 Å². The Balaban J connectivity index is 3.29. The highest BCUT2D eigenvalue weighted by atomic mass is 19.3. The van der Waals surface area contributed by atoms with Crippen LogP contribution in [0.3, 0.4) is 0 Å². The van der Waals surface area contributed by atoms with Crippen LogP contribution in [0.25, 0.3) is 0 Å². The lowest BCUT2D eigenvalue weighted by Crippen LogP contribution is -2.11. The van der Waals surface area contributed by atoms with Crippen molar-refractivity contribution >= 4 is 0 Å². The van der Waals surface area contributed by atoms with Gasteiger partial charge in [-0.25, -0.2) is 13.2 Å². The van der Waals surface area contributed by atoms with Crippen molar-refractivity contribution < 1.29 is 13.2 Å². The Hall–Kier alpha value is -0.990. The Morgan fingerprint density at radius 3 is 2.31 bits per heavy atom. The first-order valence-corrected chi connectivity index (χ1v) is 4.12. The number of halogens is 3. The molecular weight excluding hydrogens is 177 g/mol. The minimum atomic E-state index is -2.96. The molecule has 13 heavy (non-hydrogen) atoms. The molecule has 0 spiro atoms. The molecule has 0 unspecified atom stereocenters. The highest BCUT2D eigenvalue weighted by molar-refractivity contribution is 5.31. The van der Waals surface area contributed by atoms with Crippen LogP contribution in [0, 0.1) is 5.82 Å². The normalized spacial score (nSPS) is 11.8. The van der Waals surface area contributed by atoms with Crippen molar-refractivity contribution in [1.82, 2.24) is 0 Å². The number of hydrogen-bond donors (Lipinski definition) is 0. The summed E-state index contributed by atoms with van der Waals surface area (Å²) in [5.41, 5.74) is -0.106. The van der Waals surface area contributed by atoms with Crippen LogP contribution < -0.4 is 0 Å². The van der Waals surface area contributed by atoms with Crippen LogP contribution in [0.4, 0.5) is 13.2 Å². The number of rotatable bonds is 2. The van der Waals surface area contributed by atoms with Crippen molar-refractivity contribution in [2.75, 3.05) is 0 Å². The van der Waals surface area contributed by atoms with Gasteiger partial charge >= 0.3 is 0 Å². The molecule has 0 nitrogen and oxygen atoms in total. The second-order valence-corrected chi connectivity index (χ2v) is 3.01. The van der Waals surface area contributed by atoms with Crippen LogP contribution in [-0.2, 0) is 12.3 Å². The Labute approximate surface area is 75.4 Å². The Morgan fingerprint density at radius 2 is 1.92 bits per heavy atom. The molecule has 0 amide bonds. The van der Waals surface area contributed by atoms with E-state index in [0.29, 0.717) is 0 Å². The molecule has 0 atom stereocenters. The number of hydrogen-bond acceptors (Lipinski definition) is 0. The summed E-state index contributed by atoms with van der Waals surface area (Å²) in [7, 11) is 0. The molecule has 72 valence electrons. The summed E-state index contributed by atoms with van der Waals surface area (Å²) < 4.78 is 38.9. The summed E-state index contributed by atoms with van der Waals surface area (Å²) in [5.74, 6) is -3.52. The molecule has 0 aliphatic heterocycles. The molecule has 1 aromatic rings. The molecule has 0 saturated carbocycles. The molecule has 3 heteroatoms. The van der Waals surface area contributed by atoms with Gasteiger partial charge in [0.25, 0.3) is 5.92 Å². The monoisotopic (exact) mass is 188 g/mol. The van der Waals surface area contributed by atoms with E-state index >= 15 is 0 Å². The Kier molecular flexibility index (Phi) is 2.64. The van der Waals surface area contributed by atoms with Gasteiger partial charge in [-0.1, -0.05) is 19.1 Å². The summed E-state index contributed by atoms with van der Waals surface area (Å²) in [6, 6.07) is 3.78. The fraction of sp³-hybridized carbons (Fsp3) is 0.400. The minimum Gasteiger partial charge on any atom is -0.207 e. The number of benzene rings is 1. The van der Waals surface area contributed by atoms with Gasteiger partial charge in [0.2, 0.25) is 0 Å². The van der Waals surface area contributed by atoms with Gasteiger partial charge in [0.05, 0.1) is 0 Å². The first kappa shape index (κ1) is 10.1. The lowest BCUT2D eigenvalue weighted by Gasteiger charge is -2.15. The SMILES string of the molecule is CCc1c(F)cccc1C(C)(F)F. The van der Waals surface area contributed by atoms with Crippen molar-refractivity contribution in [3.8, 4) is 0 Å². The summed E-state index contributed by atoms with van der Waals surface area (Å²) in [5, 5.41) is 0.